The van der Waals surface area contributed by atoms with E-state index >= 15 is 0 Å². The van der Waals surface area contributed by atoms with Crippen molar-refractivity contribution in [2.24, 2.45) is 0 Å². The van der Waals surface area contributed by atoms with Gasteiger partial charge in [-0.1, -0.05) is 42.5 Å². The normalized spacial score (nSPS) is 11.5. The van der Waals surface area contributed by atoms with E-state index in [0.29, 0.717) is 11.4 Å². The monoisotopic (exact) mass is 423 g/mol. The number of amides is 2. The number of benzene rings is 2. The third-order valence-corrected chi connectivity index (χ3v) is 5.52. The fourth-order valence-corrected chi connectivity index (χ4v) is 3.84. The van der Waals surface area contributed by atoms with Crippen LogP contribution in [0.15, 0.2) is 72.1 Å². The molecule has 156 valence electrons. The Hall–Kier alpha value is -3.16. The molecule has 6 nitrogen and oxygen atoms in total. The summed E-state index contributed by atoms with van der Waals surface area (Å²) in [5.41, 5.74) is 1.71. The van der Waals surface area contributed by atoms with Gasteiger partial charge >= 0.3 is 0 Å². The first-order valence-electron chi connectivity index (χ1n) is 9.56. The average Bonchev–Trinajstić information content (AvgIpc) is 3.29. The molecule has 0 saturated carbocycles. The van der Waals surface area contributed by atoms with E-state index in [9.17, 15) is 9.59 Å². The quantitative estimate of drug-likeness (QED) is 0.552. The first kappa shape index (κ1) is 21.5. The zero-order valence-corrected chi connectivity index (χ0v) is 17.8. The first-order chi connectivity index (χ1) is 14.6. The molecule has 2 amide bonds. The number of hydrogen-bond acceptors (Lipinski definition) is 5. The molecule has 0 bridgehead atoms. The molecule has 7 heteroatoms. The maximum atomic E-state index is 12.6. The van der Waals surface area contributed by atoms with Gasteiger partial charge in [-0.25, -0.2) is 0 Å². The van der Waals surface area contributed by atoms with Gasteiger partial charge in [-0.15, -0.1) is 11.3 Å². The number of carbonyl (C=O) groups is 2. The SMILES string of the molecule is COc1cccc(NC(=O)CN(C)C(=O)CN[C@@H](c2ccccc2)c2cccs2)c1. The lowest BCUT2D eigenvalue weighted by Crippen LogP contribution is -2.41. The highest BCUT2D eigenvalue weighted by atomic mass is 32.1. The van der Waals surface area contributed by atoms with Crippen molar-refractivity contribution in [2.75, 3.05) is 32.6 Å². The fourth-order valence-electron chi connectivity index (χ4n) is 3.01. The number of nitrogens with zero attached hydrogens (tertiary/aromatic N) is 1. The van der Waals surface area contributed by atoms with Crippen molar-refractivity contribution >= 4 is 28.8 Å². The van der Waals surface area contributed by atoms with E-state index in [-0.39, 0.29) is 30.9 Å². The van der Waals surface area contributed by atoms with Gasteiger partial charge in [-0.3, -0.25) is 14.9 Å². The topological polar surface area (TPSA) is 70.7 Å². The van der Waals surface area contributed by atoms with Crippen molar-refractivity contribution in [1.29, 1.82) is 0 Å². The molecule has 1 atom stereocenters. The number of nitrogens with one attached hydrogen (secondary N) is 2. The highest BCUT2D eigenvalue weighted by Gasteiger charge is 2.18. The van der Waals surface area contributed by atoms with E-state index < -0.39 is 0 Å². The van der Waals surface area contributed by atoms with E-state index in [1.165, 1.54) is 4.90 Å². The number of likely N-dealkylation sites (N-methyl/N-ethyl adjacent to an activating group) is 1. The van der Waals surface area contributed by atoms with Crippen molar-refractivity contribution in [2.45, 2.75) is 6.04 Å². The zero-order chi connectivity index (χ0) is 21.3. The Kier molecular flexibility index (Phi) is 7.59. The molecule has 0 aliphatic heterocycles. The number of thiophene rings is 1. The van der Waals surface area contributed by atoms with Crippen molar-refractivity contribution in [3.63, 3.8) is 0 Å². The van der Waals surface area contributed by atoms with Gasteiger partial charge in [0.1, 0.15) is 5.75 Å². The second kappa shape index (κ2) is 10.6. The lowest BCUT2D eigenvalue weighted by atomic mass is 10.1. The van der Waals surface area contributed by atoms with Crippen LogP contribution in [0.5, 0.6) is 5.75 Å². The number of anilines is 1. The predicted octanol–water partition coefficient (Wildman–Crippen LogP) is 3.53. The summed E-state index contributed by atoms with van der Waals surface area (Å²) in [5, 5.41) is 8.13. The van der Waals surface area contributed by atoms with Gasteiger partial charge in [0.2, 0.25) is 11.8 Å². The van der Waals surface area contributed by atoms with Crippen LogP contribution in [0.3, 0.4) is 0 Å². The lowest BCUT2D eigenvalue weighted by molar-refractivity contribution is -0.132. The van der Waals surface area contributed by atoms with Gasteiger partial charge in [0.25, 0.3) is 0 Å². The maximum absolute atomic E-state index is 12.6. The molecule has 0 aliphatic rings. The van der Waals surface area contributed by atoms with Crippen LogP contribution in [0.25, 0.3) is 0 Å². The van der Waals surface area contributed by atoms with Crippen molar-refractivity contribution in [3.05, 3.63) is 82.6 Å². The van der Waals surface area contributed by atoms with Crippen LogP contribution in [0.2, 0.25) is 0 Å². The number of carbonyl (C=O) groups excluding carboxylic acids is 2. The summed E-state index contributed by atoms with van der Waals surface area (Å²) < 4.78 is 5.15. The minimum Gasteiger partial charge on any atom is -0.497 e. The summed E-state index contributed by atoms with van der Waals surface area (Å²) >= 11 is 1.64. The molecule has 30 heavy (non-hydrogen) atoms. The average molecular weight is 424 g/mol. The lowest BCUT2D eigenvalue weighted by Gasteiger charge is -2.21. The van der Waals surface area contributed by atoms with Gasteiger partial charge in [0.15, 0.2) is 0 Å². The molecule has 0 unspecified atom stereocenters. The summed E-state index contributed by atoms with van der Waals surface area (Å²) in [6, 6.07) is 21.1. The van der Waals surface area contributed by atoms with Crippen LogP contribution in [0.4, 0.5) is 5.69 Å². The third-order valence-electron chi connectivity index (χ3n) is 4.58. The van der Waals surface area contributed by atoms with Crippen molar-refractivity contribution in [3.8, 4) is 5.75 Å². The smallest absolute Gasteiger partial charge is 0.243 e. The molecule has 1 aromatic heterocycles. The summed E-state index contributed by atoms with van der Waals surface area (Å²) in [6.07, 6.45) is 0. The van der Waals surface area contributed by atoms with E-state index in [4.69, 9.17) is 4.74 Å². The molecule has 2 N–H and O–H groups in total. The largest absolute Gasteiger partial charge is 0.497 e. The standard InChI is InChI=1S/C23H25N3O3S/c1-26(16-21(27)25-18-10-6-11-19(14-18)29-2)22(28)15-24-23(20-12-7-13-30-20)17-8-4-3-5-9-17/h3-14,23-24H,15-16H2,1-2H3,(H,25,27)/t23-/m0/s1. The van der Waals surface area contributed by atoms with Crippen LogP contribution in [0, 0.1) is 0 Å². The van der Waals surface area contributed by atoms with Crippen molar-refractivity contribution in [1.82, 2.24) is 10.2 Å². The Balaban J connectivity index is 1.55. The minimum absolute atomic E-state index is 0.0350. The molecular formula is C23H25N3O3S. The molecule has 1 heterocycles. The molecular weight excluding hydrogens is 398 g/mol. The predicted molar refractivity (Wildman–Crippen MR) is 120 cm³/mol. The van der Waals surface area contributed by atoms with Crippen LogP contribution in [-0.4, -0.2) is 44.0 Å². The van der Waals surface area contributed by atoms with Gasteiger partial charge in [-0.05, 0) is 29.1 Å². The van der Waals surface area contributed by atoms with Gasteiger partial charge in [-0.2, -0.15) is 0 Å². The Morgan fingerprint density at radius 3 is 2.57 bits per heavy atom. The first-order valence-corrected chi connectivity index (χ1v) is 10.4. The molecule has 3 aromatic rings. The Labute approximate surface area is 180 Å². The van der Waals surface area contributed by atoms with Gasteiger partial charge in [0.05, 0.1) is 26.2 Å². The highest BCUT2D eigenvalue weighted by Crippen LogP contribution is 2.25. The zero-order valence-electron chi connectivity index (χ0n) is 17.0. The van der Waals surface area contributed by atoms with Crippen LogP contribution in [0.1, 0.15) is 16.5 Å². The molecule has 0 spiro atoms. The van der Waals surface area contributed by atoms with Crippen LogP contribution < -0.4 is 15.4 Å². The Morgan fingerprint density at radius 2 is 1.87 bits per heavy atom. The van der Waals surface area contributed by atoms with Crippen molar-refractivity contribution < 1.29 is 14.3 Å². The van der Waals surface area contributed by atoms with Gasteiger partial charge in [0, 0.05) is 23.7 Å². The van der Waals surface area contributed by atoms with E-state index in [1.54, 1.807) is 49.8 Å². The Morgan fingerprint density at radius 1 is 1.07 bits per heavy atom. The highest BCUT2D eigenvalue weighted by molar-refractivity contribution is 7.10. The van der Waals surface area contributed by atoms with Gasteiger partial charge < -0.3 is 15.0 Å². The molecule has 0 aliphatic carbocycles. The second-order valence-corrected chi connectivity index (χ2v) is 7.75. The van der Waals surface area contributed by atoms with E-state index in [1.807, 2.05) is 47.8 Å². The summed E-state index contributed by atoms with van der Waals surface area (Å²) in [7, 11) is 3.19. The molecule has 0 fully saturated rings. The molecule has 0 radical (unpaired) electrons. The van der Waals surface area contributed by atoms with Crippen LogP contribution in [-0.2, 0) is 9.59 Å². The number of ether oxygens (including phenoxy) is 1. The summed E-state index contributed by atoms with van der Waals surface area (Å²) in [4.78, 5) is 27.5. The molecule has 2 aromatic carbocycles. The molecule has 3 rings (SSSR count). The number of hydrogen-bond donors (Lipinski definition) is 2. The fraction of sp³-hybridized carbons (Fsp3) is 0.217. The summed E-state index contributed by atoms with van der Waals surface area (Å²) in [6.45, 7) is 0.0904. The van der Waals surface area contributed by atoms with Crippen LogP contribution >= 0.6 is 11.3 Å². The maximum Gasteiger partial charge on any atom is 0.243 e. The Bertz CT molecular complexity index is 961. The number of rotatable bonds is 9. The number of methoxy groups -OCH3 is 1. The van der Waals surface area contributed by atoms with E-state index in [0.717, 1.165) is 10.4 Å². The molecule has 0 saturated heterocycles. The van der Waals surface area contributed by atoms with E-state index in [2.05, 4.69) is 10.6 Å². The second-order valence-electron chi connectivity index (χ2n) is 6.77. The third kappa shape index (κ3) is 5.92. The minimum atomic E-state index is -0.267. The summed E-state index contributed by atoms with van der Waals surface area (Å²) in [5.74, 6) is 0.229.